The van der Waals surface area contributed by atoms with Gasteiger partial charge in [-0.2, -0.15) is 5.10 Å². The van der Waals surface area contributed by atoms with Crippen LogP contribution < -0.4 is 11.3 Å². The molecule has 1 amide bonds. The average Bonchev–Trinajstić information content (AvgIpc) is 3.11. The maximum Gasteiger partial charge on any atom is 0.275 e. The van der Waals surface area contributed by atoms with Crippen molar-refractivity contribution in [3.8, 4) is 22.4 Å². The Morgan fingerprint density at radius 2 is 1.85 bits per heavy atom. The summed E-state index contributed by atoms with van der Waals surface area (Å²) in [5.74, 6) is -0.532. The predicted octanol–water partition coefficient (Wildman–Crippen LogP) is 2.82. The second kappa shape index (κ2) is 6.20. The summed E-state index contributed by atoms with van der Waals surface area (Å²) in [5.41, 5.74) is 8.63. The number of aromatic nitrogens is 3. The van der Waals surface area contributed by atoms with E-state index in [0.29, 0.717) is 22.2 Å². The Kier molecular flexibility index (Phi) is 3.85. The van der Waals surface area contributed by atoms with Crippen molar-refractivity contribution in [1.82, 2.24) is 14.8 Å². The summed E-state index contributed by atoms with van der Waals surface area (Å²) in [6.45, 7) is 0. The molecule has 7 heteroatoms. The average molecular weight is 362 g/mol. The van der Waals surface area contributed by atoms with E-state index in [1.54, 1.807) is 37.6 Å². The van der Waals surface area contributed by atoms with Crippen LogP contribution in [0.4, 0.5) is 0 Å². The van der Waals surface area contributed by atoms with E-state index in [9.17, 15) is 9.59 Å². The Hall–Kier alpha value is -3.32. The first-order valence-electron chi connectivity index (χ1n) is 7.86. The van der Waals surface area contributed by atoms with E-state index in [1.165, 1.54) is 16.0 Å². The molecule has 0 atom stereocenters. The highest BCUT2D eigenvalue weighted by Gasteiger charge is 2.20. The van der Waals surface area contributed by atoms with Crippen molar-refractivity contribution in [2.24, 2.45) is 12.8 Å². The van der Waals surface area contributed by atoms with Gasteiger partial charge in [-0.15, -0.1) is 11.3 Å². The first-order valence-corrected chi connectivity index (χ1v) is 8.74. The van der Waals surface area contributed by atoms with E-state index in [2.05, 4.69) is 10.1 Å². The van der Waals surface area contributed by atoms with Crippen molar-refractivity contribution in [3.63, 3.8) is 0 Å². The van der Waals surface area contributed by atoms with E-state index >= 15 is 0 Å². The standard InChI is InChI=1S/C19H14N4O2S/c1-23-19(25)15-14(11-6-8-21-9-7-11)10-26-17(15)16(22-23)12-4-2-3-5-13(12)18(20)24/h2-10H,1H3,(H2,20,24). The third kappa shape index (κ3) is 2.49. The third-order valence-corrected chi connectivity index (χ3v) is 5.19. The number of benzene rings is 1. The van der Waals surface area contributed by atoms with Crippen LogP contribution in [0.3, 0.4) is 0 Å². The highest BCUT2D eigenvalue weighted by atomic mass is 32.1. The van der Waals surface area contributed by atoms with Crippen LogP contribution in [0.5, 0.6) is 0 Å². The minimum atomic E-state index is -0.532. The molecule has 0 unspecified atom stereocenters. The zero-order valence-electron chi connectivity index (χ0n) is 13.8. The molecule has 0 spiro atoms. The molecule has 0 aliphatic rings. The predicted molar refractivity (Wildman–Crippen MR) is 102 cm³/mol. The topological polar surface area (TPSA) is 90.9 Å². The molecule has 0 aliphatic heterocycles. The number of aryl methyl sites for hydroxylation is 1. The van der Waals surface area contributed by atoms with E-state index < -0.39 is 5.91 Å². The Balaban J connectivity index is 2.09. The maximum atomic E-state index is 12.8. The minimum Gasteiger partial charge on any atom is -0.366 e. The number of thiophene rings is 1. The first-order chi connectivity index (χ1) is 12.6. The number of hydrogen-bond donors (Lipinski definition) is 1. The van der Waals surface area contributed by atoms with Crippen LogP contribution >= 0.6 is 11.3 Å². The fraction of sp³-hybridized carbons (Fsp3) is 0.0526. The van der Waals surface area contributed by atoms with E-state index in [1.807, 2.05) is 23.6 Å². The van der Waals surface area contributed by atoms with Crippen molar-refractivity contribution in [2.45, 2.75) is 0 Å². The van der Waals surface area contributed by atoms with Crippen LogP contribution in [-0.4, -0.2) is 20.7 Å². The van der Waals surface area contributed by atoms with E-state index in [-0.39, 0.29) is 5.56 Å². The molecule has 0 aliphatic carbocycles. The van der Waals surface area contributed by atoms with Gasteiger partial charge in [-0.05, 0) is 23.8 Å². The summed E-state index contributed by atoms with van der Waals surface area (Å²) in [4.78, 5) is 28.6. The summed E-state index contributed by atoms with van der Waals surface area (Å²) in [6, 6.07) is 10.7. The fourth-order valence-electron chi connectivity index (χ4n) is 2.97. The van der Waals surface area contributed by atoms with Crippen molar-refractivity contribution in [3.05, 3.63) is 70.1 Å². The number of nitrogens with two attached hydrogens (primary N) is 1. The molecule has 0 saturated heterocycles. The van der Waals surface area contributed by atoms with Gasteiger partial charge in [0.1, 0.15) is 5.69 Å². The Labute approximate surface area is 152 Å². The first kappa shape index (κ1) is 16.2. The van der Waals surface area contributed by atoms with E-state index in [4.69, 9.17) is 5.73 Å². The largest absolute Gasteiger partial charge is 0.366 e. The lowest BCUT2D eigenvalue weighted by atomic mass is 10.0. The van der Waals surface area contributed by atoms with Crippen LogP contribution in [-0.2, 0) is 7.05 Å². The molecular formula is C19H14N4O2S. The Morgan fingerprint density at radius 3 is 2.58 bits per heavy atom. The highest BCUT2D eigenvalue weighted by molar-refractivity contribution is 7.18. The number of primary amides is 1. The van der Waals surface area contributed by atoms with Gasteiger partial charge in [-0.1, -0.05) is 18.2 Å². The molecule has 3 heterocycles. The van der Waals surface area contributed by atoms with Gasteiger partial charge in [0.15, 0.2) is 0 Å². The molecule has 0 saturated carbocycles. The zero-order chi connectivity index (χ0) is 18.3. The zero-order valence-corrected chi connectivity index (χ0v) is 14.7. The Morgan fingerprint density at radius 1 is 1.12 bits per heavy atom. The SMILES string of the molecule is Cn1nc(-c2ccccc2C(N)=O)c2scc(-c3ccncc3)c2c1=O. The number of nitrogens with zero attached hydrogens (tertiary/aromatic N) is 3. The van der Waals surface area contributed by atoms with Crippen molar-refractivity contribution in [1.29, 1.82) is 0 Å². The number of carbonyl (C=O) groups is 1. The summed E-state index contributed by atoms with van der Waals surface area (Å²) in [5, 5.41) is 6.92. The van der Waals surface area contributed by atoms with Gasteiger partial charge in [0.2, 0.25) is 5.91 Å². The lowest BCUT2D eigenvalue weighted by Crippen LogP contribution is -2.21. The van der Waals surface area contributed by atoms with Crippen LogP contribution in [0.25, 0.3) is 32.5 Å². The lowest BCUT2D eigenvalue weighted by Gasteiger charge is -2.09. The quantitative estimate of drug-likeness (QED) is 0.607. The molecule has 6 nitrogen and oxygen atoms in total. The summed E-state index contributed by atoms with van der Waals surface area (Å²) in [6.07, 6.45) is 3.38. The molecule has 2 N–H and O–H groups in total. The van der Waals surface area contributed by atoms with Crippen LogP contribution in [0.15, 0.2) is 59.0 Å². The fourth-order valence-corrected chi connectivity index (χ4v) is 4.04. The smallest absolute Gasteiger partial charge is 0.275 e. The van der Waals surface area contributed by atoms with Crippen molar-refractivity contribution < 1.29 is 4.79 Å². The maximum absolute atomic E-state index is 12.8. The molecule has 0 fully saturated rings. The van der Waals surface area contributed by atoms with Crippen molar-refractivity contribution >= 4 is 27.3 Å². The summed E-state index contributed by atoms with van der Waals surface area (Å²) in [7, 11) is 1.60. The molecule has 3 aromatic heterocycles. The third-order valence-electron chi connectivity index (χ3n) is 4.20. The van der Waals surface area contributed by atoms with Gasteiger partial charge in [0.05, 0.1) is 10.1 Å². The molecule has 26 heavy (non-hydrogen) atoms. The molecule has 1 aromatic carbocycles. The van der Waals surface area contributed by atoms with Crippen LogP contribution in [0, 0.1) is 0 Å². The number of pyridine rings is 1. The van der Waals surface area contributed by atoms with Gasteiger partial charge in [-0.3, -0.25) is 14.6 Å². The van der Waals surface area contributed by atoms with Gasteiger partial charge >= 0.3 is 0 Å². The molecule has 4 aromatic rings. The van der Waals surface area contributed by atoms with E-state index in [0.717, 1.165) is 15.8 Å². The summed E-state index contributed by atoms with van der Waals surface area (Å²) >= 11 is 1.43. The van der Waals surface area contributed by atoms with Crippen LogP contribution in [0.2, 0.25) is 0 Å². The number of carbonyl (C=O) groups excluding carboxylic acids is 1. The number of fused-ring (bicyclic) bond motifs is 1. The second-order valence-electron chi connectivity index (χ2n) is 5.78. The molecule has 128 valence electrons. The molecular weight excluding hydrogens is 348 g/mol. The molecule has 4 rings (SSSR count). The van der Waals surface area contributed by atoms with Gasteiger partial charge in [0.25, 0.3) is 5.56 Å². The number of hydrogen-bond acceptors (Lipinski definition) is 5. The second-order valence-corrected chi connectivity index (χ2v) is 6.66. The van der Waals surface area contributed by atoms with Gasteiger partial charge in [-0.25, -0.2) is 4.68 Å². The lowest BCUT2D eigenvalue weighted by molar-refractivity contribution is 0.100. The van der Waals surface area contributed by atoms with Crippen molar-refractivity contribution in [2.75, 3.05) is 0 Å². The minimum absolute atomic E-state index is 0.187. The normalized spacial score (nSPS) is 11.0. The number of amides is 1. The monoisotopic (exact) mass is 362 g/mol. The summed E-state index contributed by atoms with van der Waals surface area (Å²) < 4.78 is 2.03. The van der Waals surface area contributed by atoms with Crippen LogP contribution in [0.1, 0.15) is 10.4 Å². The van der Waals surface area contributed by atoms with Gasteiger partial charge in [0, 0.05) is 41.5 Å². The molecule has 0 radical (unpaired) electrons. The number of rotatable bonds is 3. The van der Waals surface area contributed by atoms with Gasteiger partial charge < -0.3 is 5.73 Å². The highest BCUT2D eigenvalue weighted by Crippen LogP contribution is 2.37. The molecule has 0 bridgehead atoms. The Bertz CT molecular complexity index is 1200.